The molecular formula is C26H38N4. The fourth-order valence-electron chi connectivity index (χ4n) is 5.25. The highest BCUT2D eigenvalue weighted by atomic mass is 15.2. The number of nitrogens with zero attached hydrogens (tertiary/aromatic N) is 4. The van der Waals surface area contributed by atoms with Crippen LogP contribution in [0.2, 0.25) is 0 Å². The van der Waals surface area contributed by atoms with Crippen LogP contribution in [0.5, 0.6) is 0 Å². The van der Waals surface area contributed by atoms with Gasteiger partial charge in [0.2, 0.25) is 0 Å². The lowest BCUT2D eigenvalue weighted by Gasteiger charge is -2.44. The minimum atomic E-state index is 0.727. The first kappa shape index (κ1) is 21.5. The molecule has 30 heavy (non-hydrogen) atoms. The molecule has 2 aliphatic heterocycles. The van der Waals surface area contributed by atoms with Gasteiger partial charge in [0.1, 0.15) is 0 Å². The number of aryl methyl sites for hydroxylation is 1. The minimum absolute atomic E-state index is 0.727. The molecular weight excluding hydrogens is 368 g/mol. The summed E-state index contributed by atoms with van der Waals surface area (Å²) < 4.78 is 0. The molecule has 0 aliphatic carbocycles. The molecule has 0 amide bonds. The largest absolute Gasteiger partial charge is 0.302 e. The predicted molar refractivity (Wildman–Crippen MR) is 125 cm³/mol. The van der Waals surface area contributed by atoms with Crippen molar-refractivity contribution in [3.8, 4) is 0 Å². The monoisotopic (exact) mass is 406 g/mol. The van der Waals surface area contributed by atoms with Gasteiger partial charge in [-0.2, -0.15) is 0 Å². The molecule has 2 aliphatic rings. The van der Waals surface area contributed by atoms with Crippen molar-refractivity contribution < 1.29 is 0 Å². The Morgan fingerprint density at radius 1 is 0.900 bits per heavy atom. The van der Waals surface area contributed by atoms with Crippen molar-refractivity contribution in [2.45, 2.75) is 57.2 Å². The molecule has 1 aromatic carbocycles. The third-order valence-corrected chi connectivity index (χ3v) is 7.10. The van der Waals surface area contributed by atoms with Crippen molar-refractivity contribution in [2.24, 2.45) is 0 Å². The fourth-order valence-corrected chi connectivity index (χ4v) is 5.25. The molecule has 3 heterocycles. The molecule has 1 atom stereocenters. The number of pyridine rings is 1. The molecule has 1 aromatic heterocycles. The van der Waals surface area contributed by atoms with Gasteiger partial charge in [0.05, 0.1) is 0 Å². The van der Waals surface area contributed by atoms with Crippen molar-refractivity contribution in [3.63, 3.8) is 0 Å². The number of benzene rings is 1. The standard InChI is InChI=1S/C26H38N4/c1-28(25-13-18-30(19-14-25)21-24-10-5-15-27-20-24)26-12-7-17-29(22-26)16-6-11-23-8-3-2-4-9-23/h2-5,8-10,15,20,25-26H,6-7,11-14,16-19,21-22H2,1H3. The van der Waals surface area contributed by atoms with Gasteiger partial charge in [-0.1, -0.05) is 36.4 Å². The number of hydrogen-bond acceptors (Lipinski definition) is 4. The average Bonchev–Trinajstić information content (AvgIpc) is 2.81. The van der Waals surface area contributed by atoms with Gasteiger partial charge in [0.15, 0.2) is 0 Å². The van der Waals surface area contributed by atoms with Gasteiger partial charge in [-0.05, 0) is 88.9 Å². The summed E-state index contributed by atoms with van der Waals surface area (Å²) in [5.74, 6) is 0. The summed E-state index contributed by atoms with van der Waals surface area (Å²) in [7, 11) is 2.39. The number of likely N-dealkylation sites (tertiary alicyclic amines) is 2. The van der Waals surface area contributed by atoms with Crippen molar-refractivity contribution in [3.05, 3.63) is 66.0 Å². The van der Waals surface area contributed by atoms with E-state index in [1.807, 2.05) is 18.5 Å². The Labute approximate surface area is 182 Å². The van der Waals surface area contributed by atoms with Crippen LogP contribution in [-0.2, 0) is 13.0 Å². The van der Waals surface area contributed by atoms with Crippen LogP contribution in [0, 0.1) is 0 Å². The Morgan fingerprint density at radius 3 is 2.47 bits per heavy atom. The number of rotatable bonds is 8. The van der Waals surface area contributed by atoms with Crippen LogP contribution in [0.25, 0.3) is 0 Å². The molecule has 0 spiro atoms. The first-order chi connectivity index (χ1) is 14.8. The summed E-state index contributed by atoms with van der Waals surface area (Å²) in [6.45, 7) is 7.23. The van der Waals surface area contributed by atoms with Gasteiger partial charge in [-0.3, -0.25) is 14.8 Å². The number of aromatic nitrogens is 1. The zero-order valence-electron chi connectivity index (χ0n) is 18.6. The van der Waals surface area contributed by atoms with E-state index in [-0.39, 0.29) is 0 Å². The normalized spacial score (nSPS) is 21.9. The van der Waals surface area contributed by atoms with Crippen LogP contribution >= 0.6 is 0 Å². The smallest absolute Gasteiger partial charge is 0.0312 e. The summed E-state index contributed by atoms with van der Waals surface area (Å²) in [5.41, 5.74) is 2.81. The van der Waals surface area contributed by atoms with E-state index in [9.17, 15) is 0 Å². The maximum absolute atomic E-state index is 4.26. The first-order valence-electron chi connectivity index (χ1n) is 11.9. The highest BCUT2D eigenvalue weighted by molar-refractivity contribution is 5.14. The predicted octanol–water partition coefficient (Wildman–Crippen LogP) is 4.08. The lowest BCUT2D eigenvalue weighted by Crippen LogP contribution is -2.52. The van der Waals surface area contributed by atoms with Crippen molar-refractivity contribution >= 4 is 0 Å². The fraction of sp³-hybridized carbons (Fsp3) is 0.577. The highest BCUT2D eigenvalue weighted by Crippen LogP contribution is 2.23. The number of piperidine rings is 2. The Morgan fingerprint density at radius 2 is 1.70 bits per heavy atom. The zero-order valence-corrected chi connectivity index (χ0v) is 18.6. The van der Waals surface area contributed by atoms with E-state index >= 15 is 0 Å². The maximum Gasteiger partial charge on any atom is 0.0312 e. The molecule has 162 valence electrons. The SMILES string of the molecule is CN(C1CCN(Cc2cccnc2)CC1)C1CCCN(CCCc2ccccc2)C1. The summed E-state index contributed by atoms with van der Waals surface area (Å²) in [6, 6.07) is 16.6. The summed E-state index contributed by atoms with van der Waals surface area (Å²) in [4.78, 5) is 12.3. The Balaban J connectivity index is 1.19. The van der Waals surface area contributed by atoms with E-state index in [0.717, 1.165) is 18.6 Å². The molecule has 2 fully saturated rings. The van der Waals surface area contributed by atoms with Gasteiger partial charge in [0, 0.05) is 37.6 Å². The van der Waals surface area contributed by atoms with Crippen molar-refractivity contribution in [1.29, 1.82) is 0 Å². The molecule has 0 radical (unpaired) electrons. The van der Waals surface area contributed by atoms with E-state index in [0.29, 0.717) is 0 Å². The van der Waals surface area contributed by atoms with E-state index in [1.165, 1.54) is 82.4 Å². The van der Waals surface area contributed by atoms with E-state index < -0.39 is 0 Å². The zero-order chi connectivity index (χ0) is 20.6. The molecule has 0 bridgehead atoms. The molecule has 2 aromatic rings. The summed E-state index contributed by atoms with van der Waals surface area (Å²) in [6.07, 6.45) is 11.6. The maximum atomic E-state index is 4.26. The van der Waals surface area contributed by atoms with Crippen LogP contribution in [0.1, 0.15) is 43.2 Å². The van der Waals surface area contributed by atoms with Gasteiger partial charge in [0.25, 0.3) is 0 Å². The van der Waals surface area contributed by atoms with Crippen LogP contribution in [0.3, 0.4) is 0 Å². The molecule has 4 heteroatoms. The molecule has 0 N–H and O–H groups in total. The second kappa shape index (κ2) is 11.0. The second-order valence-electron chi connectivity index (χ2n) is 9.22. The Hall–Kier alpha value is -1.75. The van der Waals surface area contributed by atoms with E-state index in [1.54, 1.807) is 0 Å². The van der Waals surface area contributed by atoms with Gasteiger partial charge < -0.3 is 4.90 Å². The minimum Gasteiger partial charge on any atom is -0.302 e. The lowest BCUT2D eigenvalue weighted by atomic mass is 9.97. The average molecular weight is 407 g/mol. The Bertz CT molecular complexity index is 727. The first-order valence-corrected chi connectivity index (χ1v) is 11.9. The summed E-state index contributed by atoms with van der Waals surface area (Å²) >= 11 is 0. The van der Waals surface area contributed by atoms with Crippen LogP contribution in [-0.4, -0.2) is 71.5 Å². The third kappa shape index (κ3) is 6.13. The van der Waals surface area contributed by atoms with Crippen LogP contribution in [0.4, 0.5) is 0 Å². The lowest BCUT2D eigenvalue weighted by molar-refractivity contribution is 0.0522. The Kier molecular flexibility index (Phi) is 7.90. The van der Waals surface area contributed by atoms with Crippen LogP contribution in [0.15, 0.2) is 54.9 Å². The summed E-state index contributed by atoms with van der Waals surface area (Å²) in [5, 5.41) is 0. The molecule has 2 saturated heterocycles. The topological polar surface area (TPSA) is 22.6 Å². The second-order valence-corrected chi connectivity index (χ2v) is 9.22. The number of hydrogen-bond donors (Lipinski definition) is 0. The highest BCUT2D eigenvalue weighted by Gasteiger charge is 2.29. The molecule has 1 unspecified atom stereocenters. The van der Waals surface area contributed by atoms with Gasteiger partial charge in [-0.25, -0.2) is 0 Å². The van der Waals surface area contributed by atoms with Crippen molar-refractivity contribution in [1.82, 2.24) is 19.7 Å². The molecule has 4 nitrogen and oxygen atoms in total. The van der Waals surface area contributed by atoms with Crippen LogP contribution < -0.4 is 0 Å². The van der Waals surface area contributed by atoms with Gasteiger partial charge in [-0.15, -0.1) is 0 Å². The number of likely N-dealkylation sites (N-methyl/N-ethyl adjacent to an activating group) is 1. The van der Waals surface area contributed by atoms with Crippen molar-refractivity contribution in [2.75, 3.05) is 39.8 Å². The molecule has 0 saturated carbocycles. The van der Waals surface area contributed by atoms with Gasteiger partial charge >= 0.3 is 0 Å². The van der Waals surface area contributed by atoms with E-state index in [4.69, 9.17) is 0 Å². The quantitative estimate of drug-likeness (QED) is 0.659. The molecule has 4 rings (SSSR count). The van der Waals surface area contributed by atoms with E-state index in [2.05, 4.69) is 63.1 Å². The third-order valence-electron chi connectivity index (χ3n) is 7.10.